The van der Waals surface area contributed by atoms with E-state index >= 15 is 0 Å². The van der Waals surface area contributed by atoms with Gasteiger partial charge < -0.3 is 15.6 Å². The molecule has 3 nitrogen and oxygen atoms in total. The van der Waals surface area contributed by atoms with Crippen molar-refractivity contribution in [1.82, 2.24) is 0 Å². The van der Waals surface area contributed by atoms with E-state index in [0.29, 0.717) is 13.1 Å². The van der Waals surface area contributed by atoms with Gasteiger partial charge >= 0.3 is 0 Å². The van der Waals surface area contributed by atoms with Gasteiger partial charge in [-0.3, -0.25) is 0 Å². The molecule has 1 saturated heterocycles. The van der Waals surface area contributed by atoms with E-state index in [-0.39, 0.29) is 10.7 Å². The topological polar surface area (TPSA) is 49.1 Å². The molecule has 60 valence electrons. The van der Waals surface area contributed by atoms with Crippen molar-refractivity contribution in [2.75, 3.05) is 19.6 Å². The van der Waals surface area contributed by atoms with Crippen LogP contribution < -0.4 is 5.73 Å². The molecule has 0 aromatic carbocycles. The highest BCUT2D eigenvalue weighted by Crippen LogP contribution is 2.23. The fraction of sp³-hybridized carbons (Fsp3) is 1.00. The van der Waals surface area contributed by atoms with Crippen LogP contribution in [0.1, 0.15) is 19.8 Å². The predicted octanol–water partition coefficient (Wildman–Crippen LogP) is 0.442. The van der Waals surface area contributed by atoms with Crippen LogP contribution in [0.25, 0.3) is 0 Å². The second kappa shape index (κ2) is 2.86. The summed E-state index contributed by atoms with van der Waals surface area (Å²) in [6, 6.07) is 0.185. The zero-order valence-corrected chi connectivity index (χ0v) is 6.55. The third kappa shape index (κ3) is 1.17. The van der Waals surface area contributed by atoms with Crippen LogP contribution in [0, 0.1) is 5.21 Å². The van der Waals surface area contributed by atoms with Crippen molar-refractivity contribution in [3.05, 3.63) is 5.21 Å². The smallest absolute Gasteiger partial charge is 0.101 e. The van der Waals surface area contributed by atoms with Gasteiger partial charge in [-0.05, 0) is 6.92 Å². The van der Waals surface area contributed by atoms with Gasteiger partial charge in [0.2, 0.25) is 0 Å². The van der Waals surface area contributed by atoms with Gasteiger partial charge in [-0.2, -0.15) is 0 Å². The second-order valence-corrected chi connectivity index (χ2v) is 3.02. The van der Waals surface area contributed by atoms with Crippen molar-refractivity contribution in [3.63, 3.8) is 0 Å². The summed E-state index contributed by atoms with van der Waals surface area (Å²) >= 11 is 0. The fourth-order valence-corrected chi connectivity index (χ4v) is 1.74. The highest BCUT2D eigenvalue weighted by atomic mass is 16.5. The van der Waals surface area contributed by atoms with Crippen LogP contribution in [-0.2, 0) is 0 Å². The van der Waals surface area contributed by atoms with Crippen molar-refractivity contribution < 1.29 is 4.65 Å². The van der Waals surface area contributed by atoms with Crippen molar-refractivity contribution in [3.8, 4) is 0 Å². The zero-order valence-electron chi connectivity index (χ0n) is 6.55. The maximum Gasteiger partial charge on any atom is 0.101 e. The van der Waals surface area contributed by atoms with Crippen LogP contribution in [-0.4, -0.2) is 30.3 Å². The molecule has 10 heavy (non-hydrogen) atoms. The van der Waals surface area contributed by atoms with Crippen LogP contribution in [0.2, 0.25) is 0 Å². The number of quaternary nitrogens is 1. The van der Waals surface area contributed by atoms with Gasteiger partial charge in [-0.1, -0.05) is 0 Å². The molecule has 1 aliphatic rings. The molecule has 1 rings (SSSR count). The molecule has 0 aromatic rings. The minimum Gasteiger partial charge on any atom is -0.633 e. The lowest BCUT2D eigenvalue weighted by Gasteiger charge is -2.43. The summed E-state index contributed by atoms with van der Waals surface area (Å²) in [4.78, 5) is 0. The number of hydrogen-bond acceptors (Lipinski definition) is 2. The Bertz CT molecular complexity index is 118. The van der Waals surface area contributed by atoms with E-state index in [9.17, 15) is 5.21 Å². The Balaban J connectivity index is 2.56. The summed E-state index contributed by atoms with van der Waals surface area (Å²) in [5, 5.41) is 11.7. The van der Waals surface area contributed by atoms with Crippen LogP contribution in [0.4, 0.5) is 0 Å². The highest BCUT2D eigenvalue weighted by Gasteiger charge is 2.31. The summed E-state index contributed by atoms with van der Waals surface area (Å²) in [7, 11) is 0. The van der Waals surface area contributed by atoms with E-state index in [1.807, 2.05) is 6.92 Å². The van der Waals surface area contributed by atoms with Gasteiger partial charge in [0.05, 0.1) is 13.1 Å². The lowest BCUT2D eigenvalue weighted by molar-refractivity contribution is -0.889. The molecule has 2 unspecified atom stereocenters. The van der Waals surface area contributed by atoms with Gasteiger partial charge in [0.25, 0.3) is 0 Å². The van der Waals surface area contributed by atoms with Gasteiger partial charge in [0.1, 0.15) is 6.04 Å². The molecule has 2 N–H and O–H groups in total. The normalized spacial score (nSPS) is 40.5. The van der Waals surface area contributed by atoms with Crippen molar-refractivity contribution >= 4 is 0 Å². The molecule has 0 bridgehead atoms. The summed E-state index contributed by atoms with van der Waals surface area (Å²) in [6.45, 7) is 3.96. The van der Waals surface area contributed by atoms with Gasteiger partial charge in [-0.25, -0.2) is 0 Å². The molecular weight excluding hydrogens is 128 g/mol. The van der Waals surface area contributed by atoms with Crippen molar-refractivity contribution in [1.29, 1.82) is 0 Å². The Morgan fingerprint density at radius 3 is 2.80 bits per heavy atom. The summed E-state index contributed by atoms with van der Waals surface area (Å²) in [6.07, 6.45) is 2.08. The number of hydrogen-bond donors (Lipinski definition) is 1. The third-order valence-electron chi connectivity index (χ3n) is 2.55. The van der Waals surface area contributed by atoms with E-state index in [4.69, 9.17) is 5.73 Å². The Hall–Kier alpha value is -0.120. The minimum absolute atomic E-state index is 0.0451. The second-order valence-electron chi connectivity index (χ2n) is 3.02. The van der Waals surface area contributed by atoms with E-state index in [0.717, 1.165) is 19.4 Å². The molecular formula is C7H16N2O. The third-order valence-corrected chi connectivity index (χ3v) is 2.55. The first kappa shape index (κ1) is 7.98. The highest BCUT2D eigenvalue weighted by molar-refractivity contribution is 4.68. The Morgan fingerprint density at radius 2 is 2.40 bits per heavy atom. The van der Waals surface area contributed by atoms with Gasteiger partial charge in [0, 0.05) is 19.4 Å². The fourth-order valence-electron chi connectivity index (χ4n) is 1.74. The minimum atomic E-state index is -0.0451. The lowest BCUT2D eigenvalue weighted by atomic mass is 10.2. The van der Waals surface area contributed by atoms with E-state index in [1.165, 1.54) is 0 Å². The van der Waals surface area contributed by atoms with Crippen LogP contribution >= 0.6 is 0 Å². The van der Waals surface area contributed by atoms with Gasteiger partial charge in [0.15, 0.2) is 0 Å². The Morgan fingerprint density at radius 1 is 1.70 bits per heavy atom. The average Bonchev–Trinajstić information content (AvgIpc) is 2.32. The van der Waals surface area contributed by atoms with Crippen LogP contribution in [0.3, 0.4) is 0 Å². The van der Waals surface area contributed by atoms with E-state index in [2.05, 4.69) is 0 Å². The number of rotatable bonds is 2. The SMILES string of the molecule is CC[N+]1([O-])CCCC1CN. The number of hydroxylamine groups is 3. The Kier molecular flexibility index (Phi) is 2.28. The molecule has 0 radical (unpaired) electrons. The summed E-state index contributed by atoms with van der Waals surface area (Å²) < 4.78 is -0.0451. The van der Waals surface area contributed by atoms with Crippen molar-refractivity contribution in [2.24, 2.45) is 5.73 Å². The number of likely N-dealkylation sites (tertiary alicyclic amines) is 1. The molecule has 0 saturated carbocycles. The zero-order chi connectivity index (χ0) is 7.61. The summed E-state index contributed by atoms with van der Waals surface area (Å²) in [5.74, 6) is 0. The van der Waals surface area contributed by atoms with Crippen molar-refractivity contribution in [2.45, 2.75) is 25.8 Å². The van der Waals surface area contributed by atoms with E-state index in [1.54, 1.807) is 0 Å². The van der Waals surface area contributed by atoms with E-state index < -0.39 is 0 Å². The molecule has 3 heteroatoms. The first-order valence-corrected chi connectivity index (χ1v) is 4.01. The number of nitrogens with zero attached hydrogens (tertiary/aromatic N) is 1. The molecule has 2 atom stereocenters. The summed E-state index contributed by atoms with van der Waals surface area (Å²) in [5.41, 5.74) is 5.47. The molecule has 0 aliphatic carbocycles. The van der Waals surface area contributed by atoms with Gasteiger partial charge in [-0.15, -0.1) is 0 Å². The lowest BCUT2D eigenvalue weighted by Crippen LogP contribution is -2.49. The molecule has 1 heterocycles. The van der Waals surface area contributed by atoms with Crippen LogP contribution in [0.5, 0.6) is 0 Å². The average molecular weight is 144 g/mol. The Labute approximate surface area is 62.0 Å². The molecule has 0 amide bonds. The number of likely N-dealkylation sites (N-methyl/N-ethyl adjacent to an activating group) is 1. The largest absolute Gasteiger partial charge is 0.633 e. The first-order valence-electron chi connectivity index (χ1n) is 4.01. The molecule has 0 aromatic heterocycles. The maximum atomic E-state index is 11.7. The quantitative estimate of drug-likeness (QED) is 0.451. The monoisotopic (exact) mass is 144 g/mol. The predicted molar refractivity (Wildman–Crippen MR) is 41.1 cm³/mol. The van der Waals surface area contributed by atoms with Crippen LogP contribution in [0.15, 0.2) is 0 Å². The standard InChI is InChI=1S/C7H16N2O/c1-2-9(10)5-3-4-7(9)6-8/h7H,2-6,8H2,1H3. The number of nitrogens with two attached hydrogens (primary N) is 1. The molecule has 1 fully saturated rings. The molecule has 0 spiro atoms. The maximum absolute atomic E-state index is 11.7. The molecule has 1 aliphatic heterocycles. The first-order chi connectivity index (χ1) is 4.73.